The number of carboxylic acids is 1. The van der Waals surface area contributed by atoms with Crippen LogP contribution in [0.2, 0.25) is 0 Å². The lowest BCUT2D eigenvalue weighted by Gasteiger charge is -2.04. The van der Waals surface area contributed by atoms with Crippen LogP contribution >= 0.6 is 0 Å². The summed E-state index contributed by atoms with van der Waals surface area (Å²) in [5.74, 6) is -0.908. The van der Waals surface area contributed by atoms with E-state index in [2.05, 4.69) is 12.0 Å². The lowest BCUT2D eigenvalue weighted by molar-refractivity contribution is 0.0697. The van der Waals surface area contributed by atoms with Gasteiger partial charge in [0.2, 0.25) is 0 Å². The van der Waals surface area contributed by atoms with Gasteiger partial charge < -0.3 is 5.11 Å². The van der Waals surface area contributed by atoms with Crippen molar-refractivity contribution >= 4 is 5.97 Å². The lowest BCUT2D eigenvalue weighted by Crippen LogP contribution is -1.98. The summed E-state index contributed by atoms with van der Waals surface area (Å²) in [6.07, 6.45) is 2.84. The number of carbonyl (C=O) groups is 1. The van der Waals surface area contributed by atoms with Gasteiger partial charge >= 0.3 is 5.97 Å². The molecule has 0 atom stereocenters. The van der Waals surface area contributed by atoms with Crippen LogP contribution in [0.4, 0.5) is 0 Å². The highest BCUT2D eigenvalue weighted by molar-refractivity contribution is 5.89. The van der Waals surface area contributed by atoms with Gasteiger partial charge in [-0.3, -0.25) is 4.68 Å². The van der Waals surface area contributed by atoms with Crippen LogP contribution in [0.1, 0.15) is 28.4 Å². The number of rotatable bonds is 3. The summed E-state index contributed by atoms with van der Waals surface area (Å²) in [5, 5.41) is 13.5. The average molecular weight is 244 g/mol. The molecule has 0 aliphatic heterocycles. The third-order valence-electron chi connectivity index (χ3n) is 2.88. The van der Waals surface area contributed by atoms with Gasteiger partial charge in [0.15, 0.2) is 0 Å². The van der Waals surface area contributed by atoms with E-state index in [1.54, 1.807) is 16.8 Å². The molecule has 18 heavy (non-hydrogen) atoms. The van der Waals surface area contributed by atoms with Crippen LogP contribution in [0, 0.1) is 6.92 Å². The van der Waals surface area contributed by atoms with Gasteiger partial charge in [0.1, 0.15) is 0 Å². The van der Waals surface area contributed by atoms with Crippen molar-refractivity contribution in [2.45, 2.75) is 20.3 Å². The molecule has 0 amide bonds. The second-order valence-electron chi connectivity index (χ2n) is 4.42. The van der Waals surface area contributed by atoms with E-state index in [0.29, 0.717) is 5.56 Å². The molecule has 0 aliphatic rings. The Balaban J connectivity index is 2.59. The average Bonchev–Trinajstić information content (AvgIpc) is 2.69. The first-order valence-electron chi connectivity index (χ1n) is 5.89. The quantitative estimate of drug-likeness (QED) is 0.903. The highest BCUT2D eigenvalue weighted by atomic mass is 16.4. The minimum atomic E-state index is -0.908. The Kier molecular flexibility index (Phi) is 3.19. The molecule has 0 unspecified atom stereocenters. The second kappa shape index (κ2) is 4.64. The highest BCUT2D eigenvalue weighted by Gasteiger charge is 2.12. The van der Waals surface area contributed by atoms with Gasteiger partial charge in [-0.05, 0) is 42.7 Å². The summed E-state index contributed by atoms with van der Waals surface area (Å²) in [6.45, 7) is 3.96. The van der Waals surface area contributed by atoms with E-state index in [-0.39, 0.29) is 0 Å². The van der Waals surface area contributed by atoms with Gasteiger partial charge in [-0.1, -0.05) is 6.92 Å². The zero-order valence-electron chi connectivity index (χ0n) is 10.8. The number of aryl methyl sites for hydroxylation is 3. The fourth-order valence-electron chi connectivity index (χ4n) is 2.08. The maximum absolute atomic E-state index is 11.1. The van der Waals surface area contributed by atoms with Gasteiger partial charge in [0, 0.05) is 18.8 Å². The molecule has 0 fully saturated rings. The molecule has 1 N–H and O–H groups in total. The summed E-state index contributed by atoms with van der Waals surface area (Å²) < 4.78 is 1.76. The van der Waals surface area contributed by atoms with E-state index in [1.165, 1.54) is 0 Å². The Bertz CT molecular complexity index is 600. The molecule has 0 saturated carbocycles. The summed E-state index contributed by atoms with van der Waals surface area (Å²) in [5.41, 5.74) is 4.09. The number of hydrogen-bond acceptors (Lipinski definition) is 2. The van der Waals surface area contributed by atoms with E-state index in [4.69, 9.17) is 5.11 Å². The normalized spacial score (nSPS) is 10.6. The standard InChI is InChI=1S/C14H16N2O2/c1-4-10-8-16(3)15-13(10)11-5-9(2)6-12(7-11)14(17)18/h5-8H,4H2,1-3H3,(H,17,18). The Morgan fingerprint density at radius 3 is 2.72 bits per heavy atom. The van der Waals surface area contributed by atoms with Crippen LogP contribution in [-0.4, -0.2) is 20.9 Å². The molecule has 2 rings (SSSR count). The van der Waals surface area contributed by atoms with E-state index < -0.39 is 5.97 Å². The smallest absolute Gasteiger partial charge is 0.335 e. The number of aromatic carboxylic acids is 1. The van der Waals surface area contributed by atoms with E-state index in [1.807, 2.05) is 26.2 Å². The number of benzene rings is 1. The number of aromatic nitrogens is 2. The number of hydrogen-bond donors (Lipinski definition) is 1. The third-order valence-corrected chi connectivity index (χ3v) is 2.88. The van der Waals surface area contributed by atoms with Crippen molar-refractivity contribution in [1.29, 1.82) is 0 Å². The van der Waals surface area contributed by atoms with Crippen molar-refractivity contribution in [2.24, 2.45) is 7.05 Å². The largest absolute Gasteiger partial charge is 0.478 e. The molecule has 0 aliphatic carbocycles. The SMILES string of the molecule is CCc1cn(C)nc1-c1cc(C)cc(C(=O)O)c1. The first-order chi connectivity index (χ1) is 8.51. The maximum atomic E-state index is 11.1. The fraction of sp³-hybridized carbons (Fsp3) is 0.286. The zero-order chi connectivity index (χ0) is 13.3. The van der Waals surface area contributed by atoms with Crippen molar-refractivity contribution < 1.29 is 9.90 Å². The molecular formula is C14H16N2O2. The minimum absolute atomic E-state index is 0.303. The molecular weight excluding hydrogens is 228 g/mol. The fourth-order valence-corrected chi connectivity index (χ4v) is 2.08. The molecule has 2 aromatic rings. The topological polar surface area (TPSA) is 55.1 Å². The highest BCUT2D eigenvalue weighted by Crippen LogP contribution is 2.24. The van der Waals surface area contributed by atoms with Gasteiger partial charge in [-0.25, -0.2) is 4.79 Å². The Labute approximate surface area is 106 Å². The summed E-state index contributed by atoms with van der Waals surface area (Å²) in [7, 11) is 1.87. The minimum Gasteiger partial charge on any atom is -0.478 e. The Hall–Kier alpha value is -2.10. The van der Waals surface area contributed by atoms with Crippen LogP contribution in [-0.2, 0) is 13.5 Å². The van der Waals surface area contributed by atoms with E-state index in [0.717, 1.165) is 28.8 Å². The molecule has 1 aromatic heterocycles. The third kappa shape index (κ3) is 2.27. The van der Waals surface area contributed by atoms with Gasteiger partial charge in [-0.15, -0.1) is 0 Å². The molecule has 1 heterocycles. The molecule has 0 radical (unpaired) electrons. The predicted octanol–water partition coefficient (Wildman–Crippen LogP) is 2.66. The first kappa shape index (κ1) is 12.4. The van der Waals surface area contributed by atoms with Gasteiger partial charge in [0.25, 0.3) is 0 Å². The van der Waals surface area contributed by atoms with Crippen LogP contribution < -0.4 is 0 Å². The van der Waals surface area contributed by atoms with E-state index in [9.17, 15) is 4.79 Å². The summed E-state index contributed by atoms with van der Waals surface area (Å²) in [4.78, 5) is 11.1. The molecule has 0 spiro atoms. The summed E-state index contributed by atoms with van der Waals surface area (Å²) >= 11 is 0. The van der Waals surface area contributed by atoms with Crippen LogP contribution in [0.25, 0.3) is 11.3 Å². The van der Waals surface area contributed by atoms with Crippen molar-refractivity contribution in [3.8, 4) is 11.3 Å². The van der Waals surface area contributed by atoms with Crippen LogP contribution in [0.5, 0.6) is 0 Å². The molecule has 94 valence electrons. The second-order valence-corrected chi connectivity index (χ2v) is 4.42. The Morgan fingerprint density at radius 2 is 2.11 bits per heavy atom. The number of nitrogens with zero attached hydrogens (tertiary/aromatic N) is 2. The zero-order valence-corrected chi connectivity index (χ0v) is 10.8. The maximum Gasteiger partial charge on any atom is 0.335 e. The van der Waals surface area contributed by atoms with Gasteiger partial charge in [-0.2, -0.15) is 5.10 Å². The first-order valence-corrected chi connectivity index (χ1v) is 5.89. The molecule has 4 heteroatoms. The molecule has 4 nitrogen and oxygen atoms in total. The van der Waals surface area contributed by atoms with Crippen molar-refractivity contribution in [2.75, 3.05) is 0 Å². The predicted molar refractivity (Wildman–Crippen MR) is 69.7 cm³/mol. The van der Waals surface area contributed by atoms with Gasteiger partial charge in [0.05, 0.1) is 11.3 Å². The van der Waals surface area contributed by atoms with Crippen LogP contribution in [0.3, 0.4) is 0 Å². The molecule has 1 aromatic carbocycles. The molecule has 0 saturated heterocycles. The molecule has 0 bridgehead atoms. The monoisotopic (exact) mass is 244 g/mol. The Morgan fingerprint density at radius 1 is 1.39 bits per heavy atom. The van der Waals surface area contributed by atoms with Crippen molar-refractivity contribution in [3.05, 3.63) is 41.1 Å². The van der Waals surface area contributed by atoms with Crippen molar-refractivity contribution in [3.63, 3.8) is 0 Å². The number of carboxylic acid groups (broad SMARTS) is 1. The lowest BCUT2D eigenvalue weighted by atomic mass is 10.0. The van der Waals surface area contributed by atoms with Crippen molar-refractivity contribution in [1.82, 2.24) is 9.78 Å². The summed E-state index contributed by atoms with van der Waals surface area (Å²) in [6, 6.07) is 5.31. The van der Waals surface area contributed by atoms with Crippen LogP contribution in [0.15, 0.2) is 24.4 Å². The van der Waals surface area contributed by atoms with E-state index >= 15 is 0 Å².